The molecule has 0 rings (SSSR count). The Morgan fingerprint density at radius 1 is 0.567 bits per heavy atom. The topological polar surface area (TPSA) is 169 Å². The summed E-state index contributed by atoms with van der Waals surface area (Å²) in [5.74, 6) is -1.13. The minimum atomic E-state index is -4.67. The van der Waals surface area contributed by atoms with E-state index in [9.17, 15) is 29.3 Å². The highest BCUT2D eigenvalue weighted by atomic mass is 31.2. The van der Waals surface area contributed by atoms with Gasteiger partial charge in [-0.3, -0.25) is 18.6 Å². The lowest BCUT2D eigenvalue weighted by atomic mass is 10.2. The van der Waals surface area contributed by atoms with Crippen LogP contribution in [0.25, 0.3) is 0 Å². The van der Waals surface area contributed by atoms with Gasteiger partial charge >= 0.3 is 19.8 Å². The number of aliphatic hydroxyl groups is 3. The fourth-order valence-electron chi connectivity index (χ4n) is 4.59. The van der Waals surface area contributed by atoms with Crippen molar-refractivity contribution >= 4 is 19.8 Å². The van der Waals surface area contributed by atoms with Crippen molar-refractivity contribution in [1.82, 2.24) is 0 Å². The molecule has 0 aromatic carbocycles. The first-order valence-corrected chi connectivity index (χ1v) is 22.7. The van der Waals surface area contributed by atoms with E-state index < -0.39 is 64.5 Å². The number of hydrogen-bond donors (Lipinski definition) is 4. The Kier molecular flexibility index (Phi) is 39.1. The predicted molar refractivity (Wildman–Crippen MR) is 243 cm³/mol. The summed E-state index contributed by atoms with van der Waals surface area (Å²) in [6, 6.07) is 0. The van der Waals surface area contributed by atoms with E-state index >= 15 is 0 Å². The van der Waals surface area contributed by atoms with E-state index in [4.69, 9.17) is 19.1 Å². The van der Waals surface area contributed by atoms with Gasteiger partial charge in [-0.25, -0.2) is 4.57 Å². The predicted octanol–water partition coefficient (Wildman–Crippen LogP) is 10.3. The molecule has 0 bridgehead atoms. The Balaban J connectivity index is 4.58. The first-order chi connectivity index (χ1) is 29.1. The van der Waals surface area contributed by atoms with Gasteiger partial charge in [0, 0.05) is 12.8 Å². The van der Waals surface area contributed by atoms with Crippen molar-refractivity contribution in [3.05, 3.63) is 134 Å². The van der Waals surface area contributed by atoms with Gasteiger partial charge in [-0.1, -0.05) is 148 Å². The molecule has 12 heteroatoms. The number of unbranched alkanes of at least 4 members (excludes halogenated alkanes) is 1. The maximum absolute atomic E-state index is 12.6. The van der Waals surface area contributed by atoms with Crippen LogP contribution in [0, 0.1) is 0 Å². The first kappa shape index (κ1) is 56.1. The van der Waals surface area contributed by atoms with Crippen LogP contribution in [0.4, 0.5) is 0 Å². The summed E-state index contributed by atoms with van der Waals surface area (Å²) in [5, 5.41) is 27.8. The molecule has 0 radical (unpaired) electrons. The average Bonchev–Trinajstić information content (AvgIpc) is 3.24. The third-order valence-corrected chi connectivity index (χ3v) is 8.92. The number of allylic oxidation sites excluding steroid dienone is 21. The van der Waals surface area contributed by atoms with E-state index in [1.54, 1.807) is 6.08 Å². The number of rotatable bonds is 37. The van der Waals surface area contributed by atoms with E-state index in [-0.39, 0.29) is 12.8 Å². The smallest absolute Gasteiger partial charge is 0.462 e. The number of phosphoric ester groups is 1. The summed E-state index contributed by atoms with van der Waals surface area (Å²) in [6.45, 7) is 1.73. The lowest BCUT2D eigenvalue weighted by Crippen LogP contribution is -2.29. The van der Waals surface area contributed by atoms with Crippen LogP contribution in [-0.2, 0) is 32.7 Å². The monoisotopic (exact) mass is 856 g/mol. The fraction of sp³-hybridized carbons (Fsp3) is 0.500. The second-order valence-electron chi connectivity index (χ2n) is 13.4. The molecule has 0 saturated heterocycles. The highest BCUT2D eigenvalue weighted by molar-refractivity contribution is 7.47. The second kappa shape index (κ2) is 41.8. The van der Waals surface area contributed by atoms with Gasteiger partial charge in [-0.05, 0) is 83.5 Å². The summed E-state index contributed by atoms with van der Waals surface area (Å²) in [4.78, 5) is 34.9. The Morgan fingerprint density at radius 3 is 1.53 bits per heavy atom. The first-order valence-electron chi connectivity index (χ1n) is 21.3. The molecule has 0 spiro atoms. The van der Waals surface area contributed by atoms with Crippen molar-refractivity contribution in [2.75, 3.05) is 26.4 Å². The van der Waals surface area contributed by atoms with Gasteiger partial charge in [0.05, 0.1) is 25.9 Å². The largest absolute Gasteiger partial charge is 0.472 e. The van der Waals surface area contributed by atoms with Crippen molar-refractivity contribution in [2.24, 2.45) is 0 Å². The number of esters is 2. The van der Waals surface area contributed by atoms with E-state index in [2.05, 4.69) is 90.4 Å². The van der Waals surface area contributed by atoms with Crippen LogP contribution in [-0.4, -0.2) is 76.9 Å². The number of carbonyl (C=O) groups is 2. The maximum atomic E-state index is 12.6. The van der Waals surface area contributed by atoms with Crippen LogP contribution >= 0.6 is 7.82 Å². The van der Waals surface area contributed by atoms with Gasteiger partial charge in [0.1, 0.15) is 12.7 Å². The normalized spacial score (nSPS) is 15.6. The maximum Gasteiger partial charge on any atom is 0.472 e. The van der Waals surface area contributed by atoms with Crippen LogP contribution < -0.4 is 0 Å². The second-order valence-corrected chi connectivity index (χ2v) is 14.9. The van der Waals surface area contributed by atoms with E-state index in [0.717, 1.165) is 51.4 Å². The molecule has 0 heterocycles. The molecule has 0 aliphatic heterocycles. The number of ether oxygens (including phenoxy) is 2. The molecule has 0 saturated carbocycles. The third-order valence-electron chi connectivity index (χ3n) is 7.97. The average molecular weight is 857 g/mol. The molecule has 0 aliphatic carbocycles. The minimum Gasteiger partial charge on any atom is -0.462 e. The van der Waals surface area contributed by atoms with Crippen molar-refractivity contribution in [3.63, 3.8) is 0 Å². The van der Waals surface area contributed by atoms with Crippen molar-refractivity contribution in [3.8, 4) is 0 Å². The van der Waals surface area contributed by atoms with E-state index in [0.29, 0.717) is 32.1 Å². The van der Waals surface area contributed by atoms with Crippen molar-refractivity contribution < 1.29 is 52.9 Å². The molecule has 4 atom stereocenters. The minimum absolute atomic E-state index is 0.0305. The van der Waals surface area contributed by atoms with Crippen LogP contribution in [0.2, 0.25) is 0 Å². The molecule has 336 valence electrons. The van der Waals surface area contributed by atoms with Crippen LogP contribution in [0.3, 0.4) is 0 Å². The molecule has 0 fully saturated rings. The third kappa shape index (κ3) is 40.8. The fourth-order valence-corrected chi connectivity index (χ4v) is 5.38. The quantitative estimate of drug-likeness (QED) is 0.0154. The Hall–Kier alpha value is -3.93. The van der Waals surface area contributed by atoms with Gasteiger partial charge in [0.2, 0.25) is 0 Å². The SMILES string of the molecule is CC/C=C\C/C=C\C/C=C\C/C=C\C/C=C\C/C=C\CCC(=O)O[C@H](COC(=O)CCC/C=C\C/C=C\C/C=C\C/C=C\C=C\[C@@H](O)CC)COP(=O)(O)OC[C@@H](O)CO. The van der Waals surface area contributed by atoms with Gasteiger partial charge in [-0.2, -0.15) is 0 Å². The zero-order valence-electron chi connectivity index (χ0n) is 36.0. The van der Waals surface area contributed by atoms with E-state index in [1.165, 1.54) is 0 Å². The lowest BCUT2D eigenvalue weighted by Gasteiger charge is -2.20. The van der Waals surface area contributed by atoms with Gasteiger partial charge in [0.15, 0.2) is 6.10 Å². The lowest BCUT2D eigenvalue weighted by molar-refractivity contribution is -0.161. The highest BCUT2D eigenvalue weighted by Crippen LogP contribution is 2.43. The molecule has 0 aromatic heterocycles. The van der Waals surface area contributed by atoms with Crippen molar-refractivity contribution in [1.29, 1.82) is 0 Å². The Morgan fingerprint density at radius 2 is 1.03 bits per heavy atom. The summed E-state index contributed by atoms with van der Waals surface area (Å²) in [5.41, 5.74) is 0. The summed E-state index contributed by atoms with van der Waals surface area (Å²) >= 11 is 0. The van der Waals surface area contributed by atoms with Crippen LogP contribution in [0.15, 0.2) is 134 Å². The van der Waals surface area contributed by atoms with Gasteiger partial charge in [0.25, 0.3) is 0 Å². The molecular weight excluding hydrogens is 783 g/mol. The summed E-state index contributed by atoms with van der Waals surface area (Å²) in [6.07, 6.45) is 52.5. The molecule has 11 nitrogen and oxygen atoms in total. The summed E-state index contributed by atoms with van der Waals surface area (Å²) in [7, 11) is -4.67. The van der Waals surface area contributed by atoms with Gasteiger partial charge in [-0.15, -0.1) is 0 Å². The van der Waals surface area contributed by atoms with E-state index in [1.807, 2.05) is 55.5 Å². The number of phosphoric acid groups is 1. The number of hydrogen-bond acceptors (Lipinski definition) is 10. The number of carbonyl (C=O) groups excluding carboxylic acids is 2. The summed E-state index contributed by atoms with van der Waals surface area (Å²) < 4.78 is 32.5. The molecular formula is C48H73O11P. The molecule has 60 heavy (non-hydrogen) atoms. The molecule has 0 aromatic rings. The number of aliphatic hydroxyl groups excluding tert-OH is 3. The Labute approximate surface area is 360 Å². The van der Waals surface area contributed by atoms with Crippen LogP contribution in [0.5, 0.6) is 0 Å². The molecule has 4 N–H and O–H groups in total. The highest BCUT2D eigenvalue weighted by Gasteiger charge is 2.27. The molecule has 1 unspecified atom stereocenters. The zero-order valence-corrected chi connectivity index (χ0v) is 36.9. The molecule has 0 amide bonds. The van der Waals surface area contributed by atoms with Crippen molar-refractivity contribution in [2.45, 2.75) is 128 Å². The zero-order chi connectivity index (χ0) is 44.2. The standard InChI is InChI=1S/C48H73O11P/c1-3-5-6-7-8-9-10-11-12-13-14-15-16-21-24-27-30-33-36-39-48(53)59-46(43-58-60(54,55)57-41-45(51)40-49)42-56-47(52)38-35-32-29-26-23-20-18-17-19-22-25-28-31-34-37-44(50)4-2/h5-6,8-9,11-12,14-15,18-22,24,26,28-31,33-34,37,44-46,49-51H,3-4,7,10,13,16-17,23,25,27,32,35-36,38-43H2,1-2H3,(H,54,55)/b6-5-,9-8-,12-11-,15-14-,20-18-,22-19-,24-21-,29-26-,31-28-,33-30-,37-34+/t44-,45-,46+/m0/s1. The van der Waals surface area contributed by atoms with Crippen LogP contribution in [0.1, 0.15) is 110 Å². The molecule has 0 aliphatic rings. The van der Waals surface area contributed by atoms with Gasteiger partial charge < -0.3 is 29.7 Å². The Bertz CT molecular complexity index is 1470.